The van der Waals surface area contributed by atoms with Crippen LogP contribution in [0.4, 0.5) is 0 Å². The molecule has 0 aliphatic carbocycles. The standard InChI is InChI=1S/C19H23N2O.ClH/c1-2-7-18(8-3-1)22-19-9-5-4-6-17(19)16-21-13-10-20(11-14-21)12-15-21;/h1-9H,10-16H2;1H/q+1;/p-1. The lowest BCUT2D eigenvalue weighted by Crippen LogP contribution is -3.00. The van der Waals surface area contributed by atoms with Crippen molar-refractivity contribution in [1.82, 2.24) is 4.90 Å². The van der Waals surface area contributed by atoms with E-state index in [4.69, 9.17) is 4.74 Å². The van der Waals surface area contributed by atoms with Crippen molar-refractivity contribution in [3.8, 4) is 11.5 Å². The summed E-state index contributed by atoms with van der Waals surface area (Å²) < 4.78 is 7.36. The molecule has 3 heterocycles. The van der Waals surface area contributed by atoms with Gasteiger partial charge in [0.1, 0.15) is 18.0 Å². The van der Waals surface area contributed by atoms with Crippen LogP contribution in [0.3, 0.4) is 0 Å². The zero-order valence-electron chi connectivity index (χ0n) is 13.3. The fourth-order valence-corrected chi connectivity index (χ4v) is 3.68. The summed E-state index contributed by atoms with van der Waals surface area (Å²) in [4.78, 5) is 2.59. The summed E-state index contributed by atoms with van der Waals surface area (Å²) >= 11 is 0. The van der Waals surface area contributed by atoms with Gasteiger partial charge < -0.3 is 21.6 Å². The summed E-state index contributed by atoms with van der Waals surface area (Å²) in [5, 5.41) is 0. The van der Waals surface area contributed by atoms with E-state index in [1.807, 2.05) is 30.3 Å². The summed E-state index contributed by atoms with van der Waals surface area (Å²) in [7, 11) is 0. The van der Waals surface area contributed by atoms with Gasteiger partial charge in [0.25, 0.3) is 0 Å². The first kappa shape index (κ1) is 16.3. The van der Waals surface area contributed by atoms with Gasteiger partial charge in [-0.1, -0.05) is 30.3 Å². The molecule has 2 aromatic rings. The molecule has 23 heavy (non-hydrogen) atoms. The molecule has 3 saturated heterocycles. The van der Waals surface area contributed by atoms with Gasteiger partial charge >= 0.3 is 0 Å². The maximum atomic E-state index is 6.13. The minimum absolute atomic E-state index is 0. The molecule has 5 rings (SSSR count). The Morgan fingerprint density at radius 1 is 0.826 bits per heavy atom. The zero-order chi connectivity index (χ0) is 14.8. The number of quaternary nitrogens is 1. The van der Waals surface area contributed by atoms with Crippen LogP contribution >= 0.6 is 0 Å². The first-order valence-corrected chi connectivity index (χ1v) is 8.21. The van der Waals surface area contributed by atoms with Gasteiger partial charge in [-0.05, 0) is 24.3 Å². The molecule has 0 unspecified atom stereocenters. The Kier molecular flexibility index (Phi) is 4.90. The van der Waals surface area contributed by atoms with Gasteiger partial charge in [0.05, 0.1) is 19.6 Å². The SMILES string of the molecule is [Cl-].c1ccc(Oc2ccccc2C[N+]23CCN(CC2)CC3)cc1. The van der Waals surface area contributed by atoms with Gasteiger partial charge in [0, 0.05) is 25.2 Å². The van der Waals surface area contributed by atoms with E-state index in [0.717, 1.165) is 18.0 Å². The van der Waals surface area contributed by atoms with Crippen molar-refractivity contribution < 1.29 is 21.6 Å². The molecule has 4 heteroatoms. The Morgan fingerprint density at radius 2 is 1.43 bits per heavy atom. The van der Waals surface area contributed by atoms with E-state index in [1.54, 1.807) is 0 Å². The van der Waals surface area contributed by atoms with Crippen molar-refractivity contribution in [1.29, 1.82) is 0 Å². The van der Waals surface area contributed by atoms with Crippen LogP contribution in [-0.2, 0) is 6.54 Å². The summed E-state index contributed by atoms with van der Waals surface area (Å²) in [5.41, 5.74) is 1.33. The van der Waals surface area contributed by atoms with Gasteiger partial charge in [0.2, 0.25) is 0 Å². The molecule has 0 spiro atoms. The molecule has 2 bridgehead atoms. The van der Waals surface area contributed by atoms with Crippen molar-refractivity contribution in [2.24, 2.45) is 0 Å². The molecule has 2 aromatic carbocycles. The third-order valence-electron chi connectivity index (χ3n) is 5.12. The van der Waals surface area contributed by atoms with Crippen LogP contribution in [0.2, 0.25) is 0 Å². The number of fused-ring (bicyclic) bond motifs is 3. The Labute approximate surface area is 144 Å². The number of rotatable bonds is 4. The monoisotopic (exact) mass is 330 g/mol. The smallest absolute Gasteiger partial charge is 0.136 e. The second-order valence-corrected chi connectivity index (χ2v) is 6.54. The predicted octanol–water partition coefficient (Wildman–Crippen LogP) is 0.129. The lowest BCUT2D eigenvalue weighted by molar-refractivity contribution is -0.953. The van der Waals surface area contributed by atoms with Gasteiger partial charge in [-0.15, -0.1) is 0 Å². The summed E-state index contributed by atoms with van der Waals surface area (Å²) in [5.74, 6) is 1.92. The largest absolute Gasteiger partial charge is 1.00 e. The number of piperazine rings is 3. The topological polar surface area (TPSA) is 12.5 Å². The van der Waals surface area contributed by atoms with Crippen LogP contribution in [0.15, 0.2) is 54.6 Å². The van der Waals surface area contributed by atoms with Crippen LogP contribution in [0.1, 0.15) is 5.56 Å². The molecule has 0 radical (unpaired) electrons. The normalized spacial score (nSPS) is 25.7. The first-order valence-electron chi connectivity index (χ1n) is 8.21. The van der Waals surface area contributed by atoms with E-state index in [0.29, 0.717) is 0 Å². The fraction of sp³-hybridized carbons (Fsp3) is 0.368. The van der Waals surface area contributed by atoms with E-state index in [-0.39, 0.29) is 12.4 Å². The molecule has 0 atom stereocenters. The van der Waals surface area contributed by atoms with Crippen molar-refractivity contribution in [3.63, 3.8) is 0 Å². The van der Waals surface area contributed by atoms with Crippen molar-refractivity contribution in [2.45, 2.75) is 6.54 Å². The molecule has 0 aromatic heterocycles. The highest BCUT2D eigenvalue weighted by molar-refractivity contribution is 5.37. The summed E-state index contributed by atoms with van der Waals surface area (Å²) in [6, 6.07) is 18.6. The molecule has 3 aliphatic heterocycles. The summed E-state index contributed by atoms with van der Waals surface area (Å²) in [6.45, 7) is 8.68. The van der Waals surface area contributed by atoms with Gasteiger partial charge in [-0.2, -0.15) is 0 Å². The van der Waals surface area contributed by atoms with Crippen LogP contribution < -0.4 is 17.1 Å². The number of benzene rings is 2. The number of halogens is 1. The van der Waals surface area contributed by atoms with Gasteiger partial charge in [-0.3, -0.25) is 4.90 Å². The average Bonchev–Trinajstić information content (AvgIpc) is 2.59. The quantitative estimate of drug-likeness (QED) is 0.739. The third-order valence-corrected chi connectivity index (χ3v) is 5.12. The third kappa shape index (κ3) is 3.52. The molecule has 0 saturated carbocycles. The molecular weight excluding hydrogens is 308 g/mol. The highest BCUT2D eigenvalue weighted by Crippen LogP contribution is 2.30. The first-order chi connectivity index (χ1) is 10.8. The number of hydrogen-bond acceptors (Lipinski definition) is 2. The molecule has 0 N–H and O–H groups in total. The van der Waals surface area contributed by atoms with E-state index in [9.17, 15) is 0 Å². The van der Waals surface area contributed by atoms with Crippen molar-refractivity contribution in [2.75, 3.05) is 39.3 Å². The number of hydrogen-bond donors (Lipinski definition) is 0. The zero-order valence-corrected chi connectivity index (χ0v) is 14.1. The number of nitrogens with zero attached hydrogens (tertiary/aromatic N) is 2. The van der Waals surface area contributed by atoms with Gasteiger partial charge in [0.15, 0.2) is 0 Å². The maximum absolute atomic E-state index is 6.13. The summed E-state index contributed by atoms with van der Waals surface area (Å²) in [6.07, 6.45) is 0. The highest BCUT2D eigenvalue weighted by atomic mass is 35.5. The van der Waals surface area contributed by atoms with Crippen LogP contribution in [0.25, 0.3) is 0 Å². The molecular formula is C19H23ClN2O. The average molecular weight is 331 g/mol. The highest BCUT2D eigenvalue weighted by Gasteiger charge is 2.38. The Morgan fingerprint density at radius 3 is 2.13 bits per heavy atom. The predicted molar refractivity (Wildman–Crippen MR) is 88.0 cm³/mol. The van der Waals surface area contributed by atoms with E-state index in [1.165, 1.54) is 49.3 Å². The molecule has 3 aliphatic rings. The minimum Gasteiger partial charge on any atom is -1.00 e. The van der Waals surface area contributed by atoms with E-state index in [2.05, 4.69) is 29.2 Å². The number of para-hydroxylation sites is 2. The van der Waals surface area contributed by atoms with Crippen LogP contribution in [0.5, 0.6) is 11.5 Å². The fourth-order valence-electron chi connectivity index (χ4n) is 3.68. The van der Waals surface area contributed by atoms with E-state index < -0.39 is 0 Å². The Balaban J connectivity index is 0.00000156. The minimum atomic E-state index is 0. The molecule has 122 valence electrons. The van der Waals surface area contributed by atoms with E-state index >= 15 is 0 Å². The molecule has 0 amide bonds. The van der Waals surface area contributed by atoms with Crippen molar-refractivity contribution in [3.05, 3.63) is 60.2 Å². The maximum Gasteiger partial charge on any atom is 0.136 e. The Hall–Kier alpha value is -1.55. The molecule has 3 fully saturated rings. The Bertz CT molecular complexity index is 625. The van der Waals surface area contributed by atoms with Crippen LogP contribution in [-0.4, -0.2) is 48.7 Å². The van der Waals surface area contributed by atoms with Gasteiger partial charge in [-0.25, -0.2) is 0 Å². The second-order valence-electron chi connectivity index (χ2n) is 6.54. The van der Waals surface area contributed by atoms with Crippen molar-refractivity contribution >= 4 is 0 Å². The lowest BCUT2D eigenvalue weighted by Gasteiger charge is -2.50. The lowest BCUT2D eigenvalue weighted by atomic mass is 10.1. The number of ether oxygens (including phenoxy) is 1. The second kappa shape index (κ2) is 6.91. The van der Waals surface area contributed by atoms with Crippen LogP contribution in [0, 0.1) is 0 Å². The molecule has 3 nitrogen and oxygen atoms in total.